The Morgan fingerprint density at radius 1 is 1.32 bits per heavy atom. The van der Waals surface area contributed by atoms with Crippen LogP contribution < -0.4 is 15.8 Å². The van der Waals surface area contributed by atoms with Crippen LogP contribution in [0.25, 0.3) is 0 Å². The van der Waals surface area contributed by atoms with Crippen molar-refractivity contribution in [2.75, 3.05) is 25.5 Å². The van der Waals surface area contributed by atoms with Gasteiger partial charge in [-0.1, -0.05) is 6.07 Å². The number of hydrogen-bond donors (Lipinski definition) is 3. The third-order valence-corrected chi connectivity index (χ3v) is 3.83. The van der Waals surface area contributed by atoms with Crippen molar-refractivity contribution in [3.63, 3.8) is 0 Å². The molecule has 0 atom stereocenters. The van der Waals surface area contributed by atoms with Gasteiger partial charge >= 0.3 is 5.97 Å². The highest BCUT2D eigenvalue weighted by Gasteiger charge is 2.16. The van der Waals surface area contributed by atoms with E-state index in [4.69, 9.17) is 5.73 Å². The molecule has 0 saturated carbocycles. The Bertz CT molecular complexity index is 621. The van der Waals surface area contributed by atoms with E-state index in [1.54, 1.807) is 6.07 Å². The third kappa shape index (κ3) is 6.39. The SMILES string of the molecule is COC(=O)CNS(=O)(=O)c1cccc(NC(=O)CCN)c1.Cl. The maximum atomic E-state index is 12.0. The highest BCUT2D eigenvalue weighted by molar-refractivity contribution is 7.89. The second-order valence-corrected chi connectivity index (χ2v) is 5.78. The van der Waals surface area contributed by atoms with Gasteiger partial charge in [-0.15, -0.1) is 12.4 Å². The number of esters is 1. The lowest BCUT2D eigenvalue weighted by Crippen LogP contribution is -2.30. The van der Waals surface area contributed by atoms with Gasteiger partial charge in [0.1, 0.15) is 6.54 Å². The van der Waals surface area contributed by atoms with Crippen LogP contribution in [0.4, 0.5) is 5.69 Å². The monoisotopic (exact) mass is 351 g/mol. The number of rotatable bonds is 7. The lowest BCUT2D eigenvalue weighted by molar-refractivity contribution is -0.139. The lowest BCUT2D eigenvalue weighted by Gasteiger charge is -2.08. The molecule has 0 aromatic heterocycles. The van der Waals surface area contributed by atoms with Gasteiger partial charge in [0.25, 0.3) is 0 Å². The van der Waals surface area contributed by atoms with Gasteiger partial charge in [-0.25, -0.2) is 8.42 Å². The normalized spacial score (nSPS) is 10.5. The molecular formula is C12H18ClN3O5S. The summed E-state index contributed by atoms with van der Waals surface area (Å²) in [6.45, 7) is -0.271. The predicted molar refractivity (Wildman–Crippen MR) is 83.2 cm³/mol. The van der Waals surface area contributed by atoms with Gasteiger partial charge in [-0.2, -0.15) is 4.72 Å². The zero-order valence-corrected chi connectivity index (χ0v) is 13.5. The van der Waals surface area contributed by atoms with Gasteiger partial charge in [0.15, 0.2) is 0 Å². The molecule has 0 radical (unpaired) electrons. The topological polar surface area (TPSA) is 128 Å². The number of nitrogens with one attached hydrogen (secondary N) is 2. The first-order valence-electron chi connectivity index (χ1n) is 6.05. The van der Waals surface area contributed by atoms with Gasteiger partial charge in [0, 0.05) is 18.7 Å². The zero-order chi connectivity index (χ0) is 15.9. The van der Waals surface area contributed by atoms with E-state index < -0.39 is 22.5 Å². The van der Waals surface area contributed by atoms with Crippen LogP contribution in [0.3, 0.4) is 0 Å². The zero-order valence-electron chi connectivity index (χ0n) is 11.9. The lowest BCUT2D eigenvalue weighted by atomic mass is 10.3. The molecule has 1 rings (SSSR count). The Labute approximate surface area is 134 Å². The van der Waals surface area contributed by atoms with Gasteiger partial charge in [0.05, 0.1) is 12.0 Å². The molecule has 1 aromatic carbocycles. The quantitative estimate of drug-likeness (QED) is 0.586. The molecule has 0 aliphatic carbocycles. The van der Waals surface area contributed by atoms with E-state index in [0.29, 0.717) is 5.69 Å². The van der Waals surface area contributed by atoms with Crippen LogP contribution in [-0.2, 0) is 24.3 Å². The summed E-state index contributed by atoms with van der Waals surface area (Å²) in [4.78, 5) is 22.3. The molecule has 0 spiro atoms. The first-order valence-corrected chi connectivity index (χ1v) is 7.54. The first-order chi connectivity index (χ1) is 9.89. The van der Waals surface area contributed by atoms with Crippen LogP contribution in [0.15, 0.2) is 29.2 Å². The van der Waals surface area contributed by atoms with Crippen molar-refractivity contribution in [3.05, 3.63) is 24.3 Å². The van der Waals surface area contributed by atoms with Crippen LogP contribution in [-0.4, -0.2) is 40.5 Å². The van der Waals surface area contributed by atoms with Crippen LogP contribution in [0.5, 0.6) is 0 Å². The Balaban J connectivity index is 0.00000441. The molecule has 0 unspecified atom stereocenters. The van der Waals surface area contributed by atoms with Crippen LogP contribution in [0.1, 0.15) is 6.42 Å². The molecule has 0 aliphatic heterocycles. The maximum Gasteiger partial charge on any atom is 0.320 e. The van der Waals surface area contributed by atoms with E-state index in [2.05, 4.69) is 14.8 Å². The molecule has 8 nitrogen and oxygen atoms in total. The molecule has 0 aliphatic rings. The first kappa shape index (κ1) is 20.3. The molecule has 4 N–H and O–H groups in total. The van der Waals surface area contributed by atoms with Gasteiger partial charge in [0.2, 0.25) is 15.9 Å². The molecule has 124 valence electrons. The number of benzene rings is 1. The summed E-state index contributed by atoms with van der Waals surface area (Å²) >= 11 is 0. The minimum atomic E-state index is -3.86. The number of hydrogen-bond acceptors (Lipinski definition) is 6. The van der Waals surface area contributed by atoms with E-state index >= 15 is 0 Å². The summed E-state index contributed by atoms with van der Waals surface area (Å²) in [6.07, 6.45) is 0.136. The Kier molecular flexibility index (Phi) is 8.65. The molecule has 1 aromatic rings. The van der Waals surface area contributed by atoms with Gasteiger partial charge in [-0.05, 0) is 18.2 Å². The number of carbonyl (C=O) groups excluding carboxylic acids is 2. The molecular weight excluding hydrogens is 334 g/mol. The summed E-state index contributed by atoms with van der Waals surface area (Å²) in [7, 11) is -2.71. The predicted octanol–water partition coefficient (Wildman–Crippen LogP) is -0.153. The number of amides is 1. The molecule has 10 heteroatoms. The fourth-order valence-corrected chi connectivity index (χ4v) is 2.42. The van der Waals surface area contributed by atoms with Crippen molar-refractivity contribution in [3.8, 4) is 0 Å². The van der Waals surface area contributed by atoms with Crippen LogP contribution in [0, 0.1) is 0 Å². The standard InChI is InChI=1S/C12H17N3O5S.ClH/c1-20-12(17)8-14-21(18,19)10-4-2-3-9(7-10)15-11(16)5-6-13;/h2-4,7,14H,5-6,8,13H2,1H3,(H,15,16);1H. The fourth-order valence-electron chi connectivity index (χ4n) is 1.41. The molecule has 0 fully saturated rings. The number of halogens is 1. The smallest absolute Gasteiger partial charge is 0.320 e. The number of carbonyl (C=O) groups is 2. The minimum Gasteiger partial charge on any atom is -0.468 e. The fraction of sp³-hybridized carbons (Fsp3) is 0.333. The Morgan fingerprint density at radius 3 is 2.59 bits per heavy atom. The van der Waals surface area contributed by atoms with E-state index in [0.717, 1.165) is 7.11 Å². The second-order valence-electron chi connectivity index (χ2n) is 4.02. The van der Waals surface area contributed by atoms with Crippen molar-refractivity contribution < 1.29 is 22.7 Å². The van der Waals surface area contributed by atoms with Crippen LogP contribution >= 0.6 is 12.4 Å². The van der Waals surface area contributed by atoms with Crippen molar-refractivity contribution in [2.45, 2.75) is 11.3 Å². The summed E-state index contributed by atoms with van der Waals surface area (Å²) in [6, 6.07) is 5.66. The molecule has 0 bridgehead atoms. The molecule has 0 saturated heterocycles. The van der Waals surface area contributed by atoms with E-state index in [9.17, 15) is 18.0 Å². The summed E-state index contributed by atoms with van der Waals surface area (Å²) < 4.78 is 30.4. The minimum absolute atomic E-state index is 0. The highest BCUT2D eigenvalue weighted by atomic mass is 35.5. The third-order valence-electron chi connectivity index (χ3n) is 2.43. The van der Waals surface area contributed by atoms with E-state index in [-0.39, 0.29) is 36.2 Å². The number of anilines is 1. The van der Waals surface area contributed by atoms with Crippen molar-refractivity contribution in [1.29, 1.82) is 0 Å². The highest BCUT2D eigenvalue weighted by Crippen LogP contribution is 2.15. The van der Waals surface area contributed by atoms with Gasteiger partial charge < -0.3 is 15.8 Å². The van der Waals surface area contributed by atoms with Crippen molar-refractivity contribution >= 4 is 40.0 Å². The van der Waals surface area contributed by atoms with Gasteiger partial charge in [-0.3, -0.25) is 9.59 Å². The van der Waals surface area contributed by atoms with Crippen LogP contribution in [0.2, 0.25) is 0 Å². The molecule has 22 heavy (non-hydrogen) atoms. The number of sulfonamides is 1. The largest absolute Gasteiger partial charge is 0.468 e. The van der Waals surface area contributed by atoms with Crippen molar-refractivity contribution in [1.82, 2.24) is 4.72 Å². The average Bonchev–Trinajstić information content (AvgIpc) is 2.45. The second kappa shape index (κ2) is 9.36. The summed E-state index contributed by atoms with van der Waals surface area (Å²) in [5.41, 5.74) is 5.58. The summed E-state index contributed by atoms with van der Waals surface area (Å²) in [5.74, 6) is -1.01. The Morgan fingerprint density at radius 2 is 2.00 bits per heavy atom. The molecule has 1 amide bonds. The summed E-state index contributed by atoms with van der Waals surface area (Å²) in [5, 5.41) is 2.53. The average molecular weight is 352 g/mol. The number of nitrogens with two attached hydrogens (primary N) is 1. The maximum absolute atomic E-state index is 12.0. The van der Waals surface area contributed by atoms with E-state index in [1.165, 1.54) is 18.2 Å². The number of methoxy groups -OCH3 is 1. The Hall–Kier alpha value is -1.68. The molecule has 0 heterocycles. The van der Waals surface area contributed by atoms with E-state index in [1.807, 2.05) is 0 Å². The number of ether oxygens (including phenoxy) is 1. The van der Waals surface area contributed by atoms with Crippen molar-refractivity contribution in [2.24, 2.45) is 5.73 Å².